The zero-order valence-corrected chi connectivity index (χ0v) is 12.9. The molecule has 0 saturated carbocycles. The van der Waals surface area contributed by atoms with Gasteiger partial charge in [0.2, 0.25) is 0 Å². The van der Waals surface area contributed by atoms with E-state index in [9.17, 15) is 0 Å². The van der Waals surface area contributed by atoms with Crippen molar-refractivity contribution in [2.45, 2.75) is 25.4 Å². The fraction of sp³-hybridized carbons (Fsp3) is 0.353. The van der Waals surface area contributed by atoms with Crippen LogP contribution < -0.4 is 10.2 Å². The van der Waals surface area contributed by atoms with E-state index in [0.29, 0.717) is 6.04 Å². The van der Waals surface area contributed by atoms with Crippen molar-refractivity contribution < 1.29 is 0 Å². The second-order valence-electron chi connectivity index (χ2n) is 6.04. The molecule has 1 aliphatic rings. The normalized spacial score (nSPS) is 18.4. The van der Waals surface area contributed by atoms with E-state index >= 15 is 0 Å². The number of aromatic nitrogens is 4. The summed E-state index contributed by atoms with van der Waals surface area (Å²) in [6, 6.07) is 10.9. The van der Waals surface area contributed by atoms with E-state index in [4.69, 9.17) is 0 Å². The number of H-pyrrole nitrogens is 1. The van der Waals surface area contributed by atoms with E-state index in [1.807, 2.05) is 18.3 Å². The number of piperidine rings is 1. The van der Waals surface area contributed by atoms with Gasteiger partial charge in [0.15, 0.2) is 5.82 Å². The fourth-order valence-corrected chi connectivity index (χ4v) is 3.17. The van der Waals surface area contributed by atoms with E-state index in [2.05, 4.69) is 48.8 Å². The Hall–Kier alpha value is -2.47. The van der Waals surface area contributed by atoms with E-state index in [0.717, 1.165) is 36.4 Å². The molecule has 1 atom stereocenters. The minimum atomic E-state index is 0.475. The number of benzene rings is 1. The van der Waals surface area contributed by atoms with E-state index in [-0.39, 0.29) is 0 Å². The molecule has 0 radical (unpaired) electrons. The van der Waals surface area contributed by atoms with Crippen molar-refractivity contribution in [2.75, 3.05) is 18.0 Å². The third-order valence-electron chi connectivity index (χ3n) is 4.40. The highest BCUT2D eigenvalue weighted by molar-refractivity contribution is 5.78. The molecule has 1 fully saturated rings. The van der Waals surface area contributed by atoms with Gasteiger partial charge in [-0.25, -0.2) is 0 Å². The lowest BCUT2D eigenvalue weighted by Gasteiger charge is -2.33. The number of nitrogens with one attached hydrogen (secondary N) is 2. The first-order valence-corrected chi connectivity index (χ1v) is 8.06. The summed E-state index contributed by atoms with van der Waals surface area (Å²) in [6.45, 7) is 2.90. The van der Waals surface area contributed by atoms with Crippen LogP contribution >= 0.6 is 0 Å². The fourth-order valence-electron chi connectivity index (χ4n) is 3.17. The molecule has 2 aromatic heterocycles. The predicted molar refractivity (Wildman–Crippen MR) is 90.2 cm³/mol. The van der Waals surface area contributed by atoms with Gasteiger partial charge in [0.25, 0.3) is 0 Å². The second-order valence-corrected chi connectivity index (χ2v) is 6.04. The second kappa shape index (κ2) is 6.34. The Morgan fingerprint density at radius 2 is 2.30 bits per heavy atom. The SMILES string of the molecule is c1cnnc(N2CCCC(NCc3ccc4cn[nH]c4c3)C2)c1. The number of nitrogens with zero attached hydrogens (tertiary/aromatic N) is 4. The van der Waals surface area contributed by atoms with Gasteiger partial charge in [0, 0.05) is 37.3 Å². The standard InChI is InChI=1S/C17H20N6/c1-4-17(22-19-7-1)23-8-2-3-15(12-23)18-10-13-5-6-14-11-20-21-16(14)9-13/h1,4-7,9,11,15,18H,2-3,8,10,12H2,(H,20,21). The monoisotopic (exact) mass is 308 g/mol. The molecule has 3 aromatic rings. The van der Waals surface area contributed by atoms with Crippen LogP contribution in [0.3, 0.4) is 0 Å². The minimum Gasteiger partial charge on any atom is -0.354 e. The van der Waals surface area contributed by atoms with Gasteiger partial charge in [-0.3, -0.25) is 5.10 Å². The van der Waals surface area contributed by atoms with Crippen molar-refractivity contribution in [3.63, 3.8) is 0 Å². The van der Waals surface area contributed by atoms with Crippen molar-refractivity contribution in [2.24, 2.45) is 0 Å². The molecule has 0 amide bonds. The summed E-state index contributed by atoms with van der Waals surface area (Å²) >= 11 is 0. The number of fused-ring (bicyclic) bond motifs is 1. The molecule has 1 unspecified atom stereocenters. The lowest BCUT2D eigenvalue weighted by molar-refractivity contribution is 0.419. The van der Waals surface area contributed by atoms with Crippen molar-refractivity contribution in [3.05, 3.63) is 48.3 Å². The number of hydrogen-bond donors (Lipinski definition) is 2. The van der Waals surface area contributed by atoms with Crippen LogP contribution in [-0.4, -0.2) is 39.5 Å². The molecule has 23 heavy (non-hydrogen) atoms. The third kappa shape index (κ3) is 3.17. The molecule has 6 heteroatoms. The Balaban J connectivity index is 1.38. The summed E-state index contributed by atoms with van der Waals surface area (Å²) in [5, 5.41) is 20.1. The molecule has 1 aliphatic heterocycles. The number of aromatic amines is 1. The summed E-state index contributed by atoms with van der Waals surface area (Å²) in [6.07, 6.45) is 5.94. The smallest absolute Gasteiger partial charge is 0.151 e. The Morgan fingerprint density at radius 3 is 3.22 bits per heavy atom. The van der Waals surface area contributed by atoms with Gasteiger partial charge in [-0.1, -0.05) is 12.1 Å². The molecule has 118 valence electrons. The highest BCUT2D eigenvalue weighted by Crippen LogP contribution is 2.18. The van der Waals surface area contributed by atoms with Gasteiger partial charge < -0.3 is 10.2 Å². The molecule has 2 N–H and O–H groups in total. The Kier molecular flexibility index (Phi) is 3.90. The molecule has 0 aliphatic carbocycles. The predicted octanol–water partition coefficient (Wildman–Crippen LogP) is 2.11. The highest BCUT2D eigenvalue weighted by atomic mass is 15.3. The topological polar surface area (TPSA) is 69.7 Å². The molecule has 6 nitrogen and oxygen atoms in total. The molecule has 1 aromatic carbocycles. The van der Waals surface area contributed by atoms with Crippen LogP contribution in [0.1, 0.15) is 18.4 Å². The van der Waals surface area contributed by atoms with E-state index < -0.39 is 0 Å². The molecule has 3 heterocycles. The number of rotatable bonds is 4. The Morgan fingerprint density at radius 1 is 1.30 bits per heavy atom. The van der Waals surface area contributed by atoms with Crippen LogP contribution in [-0.2, 0) is 6.54 Å². The number of anilines is 1. The maximum absolute atomic E-state index is 4.22. The molecule has 4 rings (SSSR count). The van der Waals surface area contributed by atoms with Crippen LogP contribution in [0, 0.1) is 0 Å². The molecule has 1 saturated heterocycles. The summed E-state index contributed by atoms with van der Waals surface area (Å²) < 4.78 is 0. The van der Waals surface area contributed by atoms with Crippen molar-refractivity contribution >= 4 is 16.7 Å². The lowest BCUT2D eigenvalue weighted by atomic mass is 10.0. The van der Waals surface area contributed by atoms with Gasteiger partial charge in [-0.15, -0.1) is 5.10 Å². The minimum absolute atomic E-state index is 0.475. The lowest BCUT2D eigenvalue weighted by Crippen LogP contribution is -2.45. The average Bonchev–Trinajstić information content (AvgIpc) is 3.09. The van der Waals surface area contributed by atoms with E-state index in [1.165, 1.54) is 18.4 Å². The van der Waals surface area contributed by atoms with Gasteiger partial charge in [0.1, 0.15) is 0 Å². The summed E-state index contributed by atoms with van der Waals surface area (Å²) in [5.41, 5.74) is 2.37. The Bertz CT molecular complexity index is 769. The molecule has 0 bridgehead atoms. The number of hydrogen-bond acceptors (Lipinski definition) is 5. The molecular weight excluding hydrogens is 288 g/mol. The van der Waals surface area contributed by atoms with Crippen molar-refractivity contribution in [1.29, 1.82) is 0 Å². The van der Waals surface area contributed by atoms with Gasteiger partial charge in [-0.05, 0) is 36.6 Å². The van der Waals surface area contributed by atoms with Gasteiger partial charge in [-0.2, -0.15) is 10.2 Å². The first-order valence-electron chi connectivity index (χ1n) is 8.06. The quantitative estimate of drug-likeness (QED) is 0.772. The summed E-state index contributed by atoms with van der Waals surface area (Å²) in [4.78, 5) is 2.31. The van der Waals surface area contributed by atoms with Crippen molar-refractivity contribution in [3.8, 4) is 0 Å². The Labute approximate surface area is 134 Å². The zero-order chi connectivity index (χ0) is 15.5. The summed E-state index contributed by atoms with van der Waals surface area (Å²) in [5.74, 6) is 0.970. The molecule has 0 spiro atoms. The van der Waals surface area contributed by atoms with Crippen LogP contribution in [0.2, 0.25) is 0 Å². The molecular formula is C17H20N6. The van der Waals surface area contributed by atoms with Crippen LogP contribution in [0.15, 0.2) is 42.7 Å². The maximum Gasteiger partial charge on any atom is 0.151 e. The highest BCUT2D eigenvalue weighted by Gasteiger charge is 2.20. The van der Waals surface area contributed by atoms with Crippen LogP contribution in [0.4, 0.5) is 5.82 Å². The maximum atomic E-state index is 4.22. The average molecular weight is 308 g/mol. The summed E-state index contributed by atoms with van der Waals surface area (Å²) in [7, 11) is 0. The largest absolute Gasteiger partial charge is 0.354 e. The third-order valence-corrected chi connectivity index (χ3v) is 4.40. The van der Waals surface area contributed by atoms with E-state index in [1.54, 1.807) is 6.20 Å². The zero-order valence-electron chi connectivity index (χ0n) is 12.9. The van der Waals surface area contributed by atoms with Crippen molar-refractivity contribution in [1.82, 2.24) is 25.7 Å². The van der Waals surface area contributed by atoms with Crippen LogP contribution in [0.25, 0.3) is 10.9 Å². The first kappa shape index (κ1) is 14.1. The first-order chi connectivity index (χ1) is 11.4. The van der Waals surface area contributed by atoms with Gasteiger partial charge in [0.05, 0.1) is 11.7 Å². The van der Waals surface area contributed by atoms with Crippen LogP contribution in [0.5, 0.6) is 0 Å². The van der Waals surface area contributed by atoms with Gasteiger partial charge >= 0.3 is 0 Å².